The van der Waals surface area contributed by atoms with E-state index < -0.39 is 27.5 Å². The molecule has 0 bridgehead atoms. The number of esters is 2. The molecule has 10 heteroatoms. The average Bonchev–Trinajstić information content (AvgIpc) is 3.33. The predicted molar refractivity (Wildman–Crippen MR) is 198 cm³/mol. The predicted octanol–water partition coefficient (Wildman–Crippen LogP) is 6.92. The maximum atomic E-state index is 14.3. The number of ether oxygens (including phenoxy) is 2. The lowest BCUT2D eigenvalue weighted by Gasteiger charge is -2.72. The minimum Gasteiger partial charge on any atom is -0.462 e. The van der Waals surface area contributed by atoms with Crippen LogP contribution in [0.25, 0.3) is 0 Å². The number of carbonyl (C=O) groups is 3. The third-order valence-electron chi connectivity index (χ3n) is 15.9. The summed E-state index contributed by atoms with van der Waals surface area (Å²) in [6.07, 6.45) is 8.63. The Morgan fingerprint density at radius 1 is 0.843 bits per heavy atom. The van der Waals surface area contributed by atoms with Gasteiger partial charge in [0.15, 0.2) is 11.9 Å². The van der Waals surface area contributed by atoms with E-state index >= 15 is 0 Å². The van der Waals surface area contributed by atoms with Crippen molar-refractivity contribution in [1.82, 2.24) is 9.21 Å². The molecule has 1 saturated heterocycles. The van der Waals surface area contributed by atoms with E-state index in [0.29, 0.717) is 50.1 Å². The van der Waals surface area contributed by atoms with Crippen molar-refractivity contribution in [2.45, 2.75) is 132 Å². The molecule has 6 rings (SSSR count). The summed E-state index contributed by atoms with van der Waals surface area (Å²) in [6, 6.07) is 0. The van der Waals surface area contributed by atoms with Crippen molar-refractivity contribution in [3.63, 3.8) is 0 Å². The first-order valence-corrected chi connectivity index (χ1v) is 21.4. The Morgan fingerprint density at radius 2 is 1.49 bits per heavy atom. The largest absolute Gasteiger partial charge is 0.462 e. The van der Waals surface area contributed by atoms with Crippen LogP contribution >= 0.6 is 0 Å². The molecule has 0 unspecified atom stereocenters. The van der Waals surface area contributed by atoms with Gasteiger partial charge >= 0.3 is 11.9 Å². The van der Waals surface area contributed by atoms with Crippen LogP contribution in [0.1, 0.15) is 120 Å². The van der Waals surface area contributed by atoms with Crippen molar-refractivity contribution in [2.24, 2.45) is 50.7 Å². The van der Waals surface area contributed by atoms with E-state index in [4.69, 9.17) is 9.47 Å². The molecule has 5 aliphatic carbocycles. The molecule has 0 aromatic heterocycles. The Balaban J connectivity index is 1.39. The number of ketones is 1. The Kier molecular flexibility index (Phi) is 9.59. The zero-order valence-corrected chi connectivity index (χ0v) is 33.8. The molecular formula is C41H64N2O7S. The van der Waals surface area contributed by atoms with Crippen LogP contribution in [0.2, 0.25) is 0 Å². The number of carbonyl (C=O) groups excluding carboxylic acids is 3. The van der Waals surface area contributed by atoms with Gasteiger partial charge in [0.05, 0.1) is 6.26 Å². The van der Waals surface area contributed by atoms with Gasteiger partial charge in [0.25, 0.3) is 0 Å². The van der Waals surface area contributed by atoms with E-state index in [1.807, 2.05) is 0 Å². The number of Topliss-reactive ketones (excluding diaryl/α,β-unsaturated/α-hetero) is 1. The van der Waals surface area contributed by atoms with Gasteiger partial charge in [-0.3, -0.25) is 14.4 Å². The summed E-state index contributed by atoms with van der Waals surface area (Å²) in [4.78, 5) is 41.5. The van der Waals surface area contributed by atoms with E-state index in [1.54, 1.807) is 0 Å². The van der Waals surface area contributed by atoms with Gasteiger partial charge < -0.3 is 14.4 Å². The number of piperazine rings is 1. The Hall–Kier alpha value is -2.20. The first-order chi connectivity index (χ1) is 23.5. The van der Waals surface area contributed by atoms with Gasteiger partial charge in [0.2, 0.25) is 10.0 Å². The Bertz CT molecular complexity index is 1620. The normalized spacial score (nSPS) is 40.1. The van der Waals surface area contributed by atoms with Crippen molar-refractivity contribution >= 4 is 27.7 Å². The lowest BCUT2D eigenvalue weighted by atomic mass is 9.33. The molecule has 4 saturated carbocycles. The molecule has 1 heterocycles. The topological polar surface area (TPSA) is 110 Å². The van der Waals surface area contributed by atoms with Gasteiger partial charge in [-0.2, -0.15) is 4.31 Å². The molecule has 0 radical (unpaired) electrons. The highest BCUT2D eigenvalue weighted by atomic mass is 32.2. The van der Waals surface area contributed by atoms with Crippen molar-refractivity contribution in [2.75, 3.05) is 32.4 Å². The van der Waals surface area contributed by atoms with Crippen molar-refractivity contribution < 1.29 is 32.3 Å². The van der Waals surface area contributed by atoms with Crippen LogP contribution in [-0.2, 0) is 33.9 Å². The second-order valence-corrected chi connectivity index (χ2v) is 20.9. The molecule has 9 atom stereocenters. The first-order valence-electron chi connectivity index (χ1n) is 19.6. The van der Waals surface area contributed by atoms with Crippen molar-refractivity contribution in [3.8, 4) is 0 Å². The van der Waals surface area contributed by atoms with Gasteiger partial charge in [-0.25, -0.2) is 8.42 Å². The van der Waals surface area contributed by atoms with E-state index in [9.17, 15) is 22.8 Å². The van der Waals surface area contributed by atoms with E-state index in [0.717, 1.165) is 56.9 Å². The molecule has 286 valence electrons. The minimum absolute atomic E-state index is 0.0360. The summed E-state index contributed by atoms with van der Waals surface area (Å²) in [6.45, 7) is 25.6. The van der Waals surface area contributed by atoms with Crippen LogP contribution in [0.3, 0.4) is 0 Å². The maximum absolute atomic E-state index is 14.3. The number of fused-ring (bicyclic) bond motifs is 7. The molecule has 0 amide bonds. The van der Waals surface area contributed by atoms with Gasteiger partial charge in [-0.15, -0.1) is 0 Å². The van der Waals surface area contributed by atoms with Gasteiger partial charge in [-0.1, -0.05) is 55.0 Å². The molecular weight excluding hydrogens is 665 g/mol. The van der Waals surface area contributed by atoms with Crippen LogP contribution in [0.4, 0.5) is 0 Å². The van der Waals surface area contributed by atoms with Gasteiger partial charge in [0, 0.05) is 63.0 Å². The van der Waals surface area contributed by atoms with E-state index in [-0.39, 0.29) is 51.4 Å². The minimum atomic E-state index is -3.32. The fraction of sp³-hybridized carbons (Fsp3) is 0.829. The third-order valence-corrected chi connectivity index (χ3v) is 17.2. The summed E-state index contributed by atoms with van der Waals surface area (Å²) in [7, 11) is -3.32. The van der Waals surface area contributed by atoms with E-state index in [2.05, 4.69) is 59.9 Å². The summed E-state index contributed by atoms with van der Waals surface area (Å²) in [5.41, 5.74) is 2.13. The summed E-state index contributed by atoms with van der Waals surface area (Å²) >= 11 is 0. The zero-order chi connectivity index (χ0) is 37.7. The second-order valence-electron chi connectivity index (χ2n) is 18.9. The highest BCUT2D eigenvalue weighted by Crippen LogP contribution is 2.77. The quantitative estimate of drug-likeness (QED) is 0.260. The molecule has 9 nitrogen and oxygen atoms in total. The Morgan fingerprint density at radius 3 is 2.06 bits per heavy atom. The summed E-state index contributed by atoms with van der Waals surface area (Å²) < 4.78 is 38.4. The van der Waals surface area contributed by atoms with Crippen LogP contribution in [0, 0.1) is 50.7 Å². The number of sulfonamides is 1. The monoisotopic (exact) mass is 728 g/mol. The highest BCUT2D eigenvalue weighted by molar-refractivity contribution is 7.88. The molecule has 51 heavy (non-hydrogen) atoms. The van der Waals surface area contributed by atoms with Crippen LogP contribution in [-0.4, -0.2) is 80.0 Å². The lowest BCUT2D eigenvalue weighted by Crippen LogP contribution is -2.66. The Labute approximate surface area is 307 Å². The van der Waals surface area contributed by atoms with Crippen molar-refractivity contribution in [1.29, 1.82) is 0 Å². The molecule has 1 aliphatic heterocycles. The zero-order valence-electron chi connectivity index (χ0n) is 33.0. The molecule has 0 N–H and O–H groups in total. The molecule has 0 aromatic rings. The van der Waals surface area contributed by atoms with Crippen molar-refractivity contribution in [3.05, 3.63) is 23.4 Å². The van der Waals surface area contributed by atoms with Gasteiger partial charge in [0.1, 0.15) is 6.10 Å². The number of allylic oxidation sites excluding steroid dienone is 1. The second kappa shape index (κ2) is 12.7. The standard InChI is InChI=1S/C41H64N2O7S/c1-25(2)34-30(46)24-41(36(50-28(5)45)26(3)42-20-22-43(23-21-42)51(11,47)48)19-18-39(9)29(35(34)41)12-13-32-38(8)16-15-33(49-27(4)44)37(6,7)31(38)14-17-40(32,39)10/h25,29,31-33,36H,3,12-24H2,1-2,4-11H3/t29-,31+,32-,33+,36+,38+,39-,40-,41-/m1/s1. The number of hydrogen-bond acceptors (Lipinski definition) is 8. The number of rotatable bonds is 7. The van der Waals surface area contributed by atoms with Crippen LogP contribution in [0.5, 0.6) is 0 Å². The van der Waals surface area contributed by atoms with Gasteiger partial charge in [-0.05, 0) is 102 Å². The summed E-state index contributed by atoms with van der Waals surface area (Å²) in [5.74, 6) is 0.749. The molecule has 5 fully saturated rings. The average molecular weight is 729 g/mol. The fourth-order valence-electron chi connectivity index (χ4n) is 13.5. The lowest BCUT2D eigenvalue weighted by molar-refractivity contribution is -0.234. The SMILES string of the molecule is C=C([C@H](OC(C)=O)[C@@]12CC[C@]3(C)[C@H](CC[C@@H]4[C@@]5(C)CC[C@H](OC(C)=O)C(C)(C)[C@@H]5CC[C@]43C)C1=C(C(C)C)C(=O)C2)N1CCN(S(C)(=O)=O)CC1. The smallest absolute Gasteiger partial charge is 0.303 e. The van der Waals surface area contributed by atoms with E-state index in [1.165, 1.54) is 30.0 Å². The molecule has 0 aromatic carbocycles. The third kappa shape index (κ3) is 5.77. The molecule has 6 aliphatic rings. The maximum Gasteiger partial charge on any atom is 0.303 e. The highest BCUT2D eigenvalue weighted by Gasteiger charge is 2.71. The number of nitrogens with zero attached hydrogens (tertiary/aromatic N) is 2. The van der Waals surface area contributed by atoms with Crippen LogP contribution in [0.15, 0.2) is 23.4 Å². The number of hydrogen-bond donors (Lipinski definition) is 0. The van der Waals surface area contributed by atoms with Crippen LogP contribution < -0.4 is 0 Å². The first kappa shape index (κ1) is 38.5. The summed E-state index contributed by atoms with van der Waals surface area (Å²) in [5, 5.41) is 0. The fourth-order valence-corrected chi connectivity index (χ4v) is 14.3. The molecule has 0 spiro atoms.